The lowest BCUT2D eigenvalue weighted by molar-refractivity contribution is 0.405. The van der Waals surface area contributed by atoms with Crippen molar-refractivity contribution in [3.8, 4) is 5.75 Å². The molecule has 0 saturated carbocycles. The highest BCUT2D eigenvalue weighted by molar-refractivity contribution is 7.80. The molecule has 0 bridgehead atoms. The summed E-state index contributed by atoms with van der Waals surface area (Å²) in [5, 5.41) is 0. The topological polar surface area (TPSA) is 35.2 Å². The predicted molar refractivity (Wildman–Crippen MR) is 49.4 cm³/mol. The van der Waals surface area contributed by atoms with Gasteiger partial charge >= 0.3 is 0 Å². The number of hydrogen-bond donors (Lipinski definition) is 2. The summed E-state index contributed by atoms with van der Waals surface area (Å²) in [6.07, 6.45) is 0. The SMILES string of the molecule is COc1ccc(C)c(N)c1S. The summed E-state index contributed by atoms with van der Waals surface area (Å²) in [4.78, 5) is 0.715. The summed E-state index contributed by atoms with van der Waals surface area (Å²) in [5.74, 6) is 0.719. The molecule has 0 aromatic heterocycles. The molecule has 0 radical (unpaired) electrons. The molecule has 0 saturated heterocycles. The second-order valence-electron chi connectivity index (χ2n) is 2.35. The van der Waals surface area contributed by atoms with Crippen molar-refractivity contribution in [2.45, 2.75) is 11.8 Å². The minimum Gasteiger partial charge on any atom is -0.496 e. The molecule has 1 aromatic rings. The minimum atomic E-state index is 0.688. The molecule has 0 unspecified atom stereocenters. The summed E-state index contributed by atoms with van der Waals surface area (Å²) < 4.78 is 5.02. The fraction of sp³-hybridized carbons (Fsp3) is 0.250. The summed E-state index contributed by atoms with van der Waals surface area (Å²) in [7, 11) is 1.60. The maximum Gasteiger partial charge on any atom is 0.134 e. The zero-order chi connectivity index (χ0) is 8.43. The fourth-order valence-electron chi connectivity index (χ4n) is 0.854. The van der Waals surface area contributed by atoms with Crippen LogP contribution in [-0.4, -0.2) is 7.11 Å². The van der Waals surface area contributed by atoms with E-state index in [2.05, 4.69) is 12.6 Å². The zero-order valence-electron chi connectivity index (χ0n) is 6.59. The van der Waals surface area contributed by atoms with Crippen molar-refractivity contribution < 1.29 is 4.74 Å². The number of benzene rings is 1. The van der Waals surface area contributed by atoms with Gasteiger partial charge in [0.05, 0.1) is 17.7 Å². The van der Waals surface area contributed by atoms with Crippen molar-refractivity contribution in [2.24, 2.45) is 0 Å². The second kappa shape index (κ2) is 3.05. The molecule has 0 spiro atoms. The minimum absolute atomic E-state index is 0.688. The number of rotatable bonds is 1. The van der Waals surface area contributed by atoms with Gasteiger partial charge in [-0.05, 0) is 18.6 Å². The third-order valence-electron chi connectivity index (χ3n) is 1.62. The van der Waals surface area contributed by atoms with Gasteiger partial charge in [0.2, 0.25) is 0 Å². The molecular formula is C8H11NOS. The van der Waals surface area contributed by atoms with E-state index >= 15 is 0 Å². The van der Waals surface area contributed by atoms with Gasteiger partial charge < -0.3 is 10.5 Å². The highest BCUT2D eigenvalue weighted by Crippen LogP contribution is 2.30. The standard InChI is InChI=1S/C8H11NOS/c1-5-3-4-6(10-2)8(11)7(5)9/h3-4,11H,9H2,1-2H3. The van der Waals surface area contributed by atoms with Crippen LogP contribution in [0.15, 0.2) is 17.0 Å². The average molecular weight is 169 g/mol. The van der Waals surface area contributed by atoms with E-state index in [1.807, 2.05) is 19.1 Å². The van der Waals surface area contributed by atoms with Crippen LogP contribution in [-0.2, 0) is 0 Å². The van der Waals surface area contributed by atoms with Crippen molar-refractivity contribution in [3.63, 3.8) is 0 Å². The number of nitrogens with two attached hydrogens (primary N) is 1. The van der Waals surface area contributed by atoms with Gasteiger partial charge in [-0.1, -0.05) is 6.07 Å². The third kappa shape index (κ3) is 1.43. The molecule has 60 valence electrons. The lowest BCUT2D eigenvalue weighted by Crippen LogP contribution is -1.94. The van der Waals surface area contributed by atoms with E-state index in [0.29, 0.717) is 10.6 Å². The van der Waals surface area contributed by atoms with Crippen molar-refractivity contribution in [3.05, 3.63) is 17.7 Å². The van der Waals surface area contributed by atoms with Gasteiger partial charge in [0, 0.05) is 0 Å². The molecule has 0 aliphatic heterocycles. The smallest absolute Gasteiger partial charge is 0.134 e. The largest absolute Gasteiger partial charge is 0.496 e. The van der Waals surface area contributed by atoms with Gasteiger partial charge in [-0.2, -0.15) is 0 Å². The predicted octanol–water partition coefficient (Wildman–Crippen LogP) is 1.87. The molecular weight excluding hydrogens is 158 g/mol. The monoisotopic (exact) mass is 169 g/mol. The average Bonchev–Trinajstić information content (AvgIpc) is 2.01. The van der Waals surface area contributed by atoms with Crippen LogP contribution in [0.2, 0.25) is 0 Å². The van der Waals surface area contributed by atoms with Crippen LogP contribution < -0.4 is 10.5 Å². The number of ether oxygens (including phenoxy) is 1. The molecule has 3 heteroatoms. The first-order chi connectivity index (χ1) is 5.16. The van der Waals surface area contributed by atoms with Crippen molar-refractivity contribution >= 4 is 18.3 Å². The van der Waals surface area contributed by atoms with E-state index in [4.69, 9.17) is 10.5 Å². The van der Waals surface area contributed by atoms with Crippen molar-refractivity contribution in [1.29, 1.82) is 0 Å². The van der Waals surface area contributed by atoms with Crippen molar-refractivity contribution in [1.82, 2.24) is 0 Å². The fourth-order valence-corrected chi connectivity index (χ4v) is 1.20. The first-order valence-corrected chi connectivity index (χ1v) is 3.73. The third-order valence-corrected chi connectivity index (χ3v) is 2.08. The van der Waals surface area contributed by atoms with E-state index in [1.165, 1.54) is 0 Å². The van der Waals surface area contributed by atoms with E-state index in [1.54, 1.807) is 7.11 Å². The zero-order valence-corrected chi connectivity index (χ0v) is 7.48. The van der Waals surface area contributed by atoms with Gasteiger partial charge in [-0.3, -0.25) is 0 Å². The summed E-state index contributed by atoms with van der Waals surface area (Å²) in [6, 6.07) is 3.77. The van der Waals surface area contributed by atoms with Gasteiger partial charge in [0.25, 0.3) is 0 Å². The maximum atomic E-state index is 5.70. The number of nitrogen functional groups attached to an aromatic ring is 1. The molecule has 2 nitrogen and oxygen atoms in total. The number of aryl methyl sites for hydroxylation is 1. The van der Waals surface area contributed by atoms with Crippen LogP contribution in [0, 0.1) is 6.92 Å². The maximum absolute atomic E-state index is 5.70. The number of methoxy groups -OCH3 is 1. The summed E-state index contributed by atoms with van der Waals surface area (Å²) in [6.45, 7) is 1.94. The highest BCUT2D eigenvalue weighted by Gasteiger charge is 2.03. The van der Waals surface area contributed by atoms with Crippen LogP contribution in [0.25, 0.3) is 0 Å². The Hall–Kier alpha value is -0.830. The highest BCUT2D eigenvalue weighted by atomic mass is 32.1. The normalized spacial score (nSPS) is 9.73. The second-order valence-corrected chi connectivity index (χ2v) is 2.79. The Labute approximate surface area is 71.8 Å². The van der Waals surface area contributed by atoms with Gasteiger partial charge in [-0.15, -0.1) is 12.6 Å². The Bertz CT molecular complexity index is 273. The molecule has 2 N–H and O–H groups in total. The molecule has 0 heterocycles. The van der Waals surface area contributed by atoms with Crippen LogP contribution in [0.5, 0.6) is 5.75 Å². The van der Waals surface area contributed by atoms with Crippen LogP contribution in [0.4, 0.5) is 5.69 Å². The Kier molecular flexibility index (Phi) is 2.29. The van der Waals surface area contributed by atoms with E-state index in [-0.39, 0.29) is 0 Å². The molecule has 0 aliphatic rings. The Balaban J connectivity index is 3.25. The Morgan fingerprint density at radius 3 is 2.64 bits per heavy atom. The first-order valence-electron chi connectivity index (χ1n) is 3.29. The Morgan fingerprint density at radius 1 is 1.45 bits per heavy atom. The molecule has 0 aliphatic carbocycles. The molecule has 1 rings (SSSR count). The van der Waals surface area contributed by atoms with Gasteiger partial charge in [0.1, 0.15) is 5.75 Å². The van der Waals surface area contributed by atoms with Crippen LogP contribution in [0.3, 0.4) is 0 Å². The molecule has 0 amide bonds. The van der Waals surface area contributed by atoms with Crippen molar-refractivity contribution in [2.75, 3.05) is 12.8 Å². The molecule has 11 heavy (non-hydrogen) atoms. The van der Waals surface area contributed by atoms with Crippen LogP contribution in [0.1, 0.15) is 5.56 Å². The lowest BCUT2D eigenvalue weighted by Gasteiger charge is -2.07. The first kappa shape index (κ1) is 8.27. The number of anilines is 1. The number of thiol groups is 1. The van der Waals surface area contributed by atoms with Gasteiger partial charge in [-0.25, -0.2) is 0 Å². The summed E-state index contributed by atoms with van der Waals surface area (Å²) >= 11 is 4.21. The van der Waals surface area contributed by atoms with E-state index < -0.39 is 0 Å². The van der Waals surface area contributed by atoms with E-state index in [0.717, 1.165) is 11.3 Å². The summed E-state index contributed by atoms with van der Waals surface area (Å²) in [5.41, 5.74) is 7.41. The number of hydrogen-bond acceptors (Lipinski definition) is 3. The Morgan fingerprint density at radius 2 is 2.09 bits per heavy atom. The molecule has 0 atom stereocenters. The lowest BCUT2D eigenvalue weighted by atomic mass is 10.2. The molecule has 0 fully saturated rings. The van der Waals surface area contributed by atoms with E-state index in [9.17, 15) is 0 Å². The molecule has 1 aromatic carbocycles. The van der Waals surface area contributed by atoms with Gasteiger partial charge in [0.15, 0.2) is 0 Å². The van der Waals surface area contributed by atoms with Crippen LogP contribution >= 0.6 is 12.6 Å². The quantitative estimate of drug-likeness (QED) is 0.497.